The minimum atomic E-state index is -1.24. The van der Waals surface area contributed by atoms with Gasteiger partial charge in [0.2, 0.25) is 11.8 Å². The Bertz CT molecular complexity index is 348. The predicted molar refractivity (Wildman–Crippen MR) is 73.0 cm³/mol. The van der Waals surface area contributed by atoms with Crippen molar-refractivity contribution in [3.8, 4) is 0 Å². The van der Waals surface area contributed by atoms with Crippen molar-refractivity contribution in [1.29, 1.82) is 0 Å². The standard InChI is InChI=1S/C14H24N2O6/c17-11(5-7-13(19)20)15-9-3-1-2-4-10-16-12(18)6-8-14(21)22/h1-10H2,(H,15,17)(H,16,18)(H,19,20)(H,21,22)/p-2. The van der Waals surface area contributed by atoms with Crippen LogP contribution in [-0.2, 0) is 19.2 Å². The van der Waals surface area contributed by atoms with E-state index in [0.29, 0.717) is 13.1 Å². The van der Waals surface area contributed by atoms with Crippen LogP contribution in [0.4, 0.5) is 0 Å². The molecule has 0 radical (unpaired) electrons. The van der Waals surface area contributed by atoms with Gasteiger partial charge in [-0.1, -0.05) is 12.8 Å². The number of unbranched alkanes of at least 4 members (excludes halogenated alkanes) is 3. The fourth-order valence-corrected chi connectivity index (χ4v) is 1.67. The molecular weight excluding hydrogens is 292 g/mol. The molecule has 22 heavy (non-hydrogen) atoms. The maximum absolute atomic E-state index is 11.2. The van der Waals surface area contributed by atoms with Crippen LogP contribution in [0.15, 0.2) is 0 Å². The van der Waals surface area contributed by atoms with E-state index < -0.39 is 11.9 Å². The van der Waals surface area contributed by atoms with Crippen molar-refractivity contribution in [2.24, 2.45) is 0 Å². The van der Waals surface area contributed by atoms with Crippen molar-refractivity contribution < 1.29 is 29.4 Å². The van der Waals surface area contributed by atoms with Crippen LogP contribution in [0.2, 0.25) is 0 Å². The maximum Gasteiger partial charge on any atom is 0.220 e. The first kappa shape index (κ1) is 19.9. The third kappa shape index (κ3) is 14.3. The lowest BCUT2D eigenvalue weighted by Crippen LogP contribution is -2.28. The Balaban J connectivity index is 3.33. The molecule has 0 bridgehead atoms. The van der Waals surface area contributed by atoms with Gasteiger partial charge in [-0.25, -0.2) is 0 Å². The molecule has 0 aromatic heterocycles. The maximum atomic E-state index is 11.2. The number of carboxylic acid groups (broad SMARTS) is 2. The molecule has 8 heteroatoms. The van der Waals surface area contributed by atoms with Gasteiger partial charge < -0.3 is 30.4 Å². The Labute approximate surface area is 129 Å². The smallest absolute Gasteiger partial charge is 0.220 e. The second-order valence-electron chi connectivity index (χ2n) is 4.86. The molecule has 0 saturated carbocycles. The van der Waals surface area contributed by atoms with Crippen LogP contribution in [0.25, 0.3) is 0 Å². The van der Waals surface area contributed by atoms with Crippen LogP contribution in [-0.4, -0.2) is 36.8 Å². The first-order valence-corrected chi connectivity index (χ1v) is 7.35. The monoisotopic (exact) mass is 314 g/mol. The first-order chi connectivity index (χ1) is 10.4. The van der Waals surface area contributed by atoms with Gasteiger partial charge in [-0.15, -0.1) is 0 Å². The minimum Gasteiger partial charge on any atom is -0.550 e. The van der Waals surface area contributed by atoms with Crippen LogP contribution < -0.4 is 20.8 Å². The van der Waals surface area contributed by atoms with E-state index in [9.17, 15) is 29.4 Å². The van der Waals surface area contributed by atoms with Gasteiger partial charge in [0.25, 0.3) is 0 Å². The summed E-state index contributed by atoms with van der Waals surface area (Å²) in [5, 5.41) is 25.5. The number of carbonyl (C=O) groups excluding carboxylic acids is 4. The number of amides is 2. The molecular formula is C14H22N2O6-2. The van der Waals surface area contributed by atoms with E-state index in [1.165, 1.54) is 0 Å². The van der Waals surface area contributed by atoms with Gasteiger partial charge in [0.1, 0.15) is 0 Å². The number of hydrogen-bond acceptors (Lipinski definition) is 6. The van der Waals surface area contributed by atoms with Crippen molar-refractivity contribution in [2.75, 3.05) is 13.1 Å². The van der Waals surface area contributed by atoms with E-state index in [-0.39, 0.29) is 37.5 Å². The minimum absolute atomic E-state index is 0.0692. The molecule has 0 aromatic carbocycles. The highest BCUT2D eigenvalue weighted by atomic mass is 16.4. The van der Waals surface area contributed by atoms with E-state index in [1.807, 2.05) is 0 Å². The predicted octanol–water partition coefficient (Wildman–Crippen LogP) is -2.16. The Morgan fingerprint density at radius 2 is 0.955 bits per heavy atom. The van der Waals surface area contributed by atoms with Gasteiger partial charge >= 0.3 is 0 Å². The van der Waals surface area contributed by atoms with Crippen molar-refractivity contribution in [1.82, 2.24) is 10.6 Å². The van der Waals surface area contributed by atoms with E-state index in [2.05, 4.69) is 10.6 Å². The molecule has 2 N–H and O–H groups in total. The number of carboxylic acids is 2. The molecule has 126 valence electrons. The number of rotatable bonds is 13. The summed E-state index contributed by atoms with van der Waals surface area (Å²) in [5.41, 5.74) is 0. The Hall–Kier alpha value is -2.12. The van der Waals surface area contributed by atoms with Crippen molar-refractivity contribution in [3.05, 3.63) is 0 Å². The quantitative estimate of drug-likeness (QED) is 0.371. The third-order valence-corrected chi connectivity index (χ3v) is 2.86. The van der Waals surface area contributed by atoms with E-state index >= 15 is 0 Å². The van der Waals surface area contributed by atoms with Crippen molar-refractivity contribution in [3.63, 3.8) is 0 Å². The van der Waals surface area contributed by atoms with Crippen LogP contribution in [0.1, 0.15) is 51.4 Å². The molecule has 0 aromatic rings. The fourth-order valence-electron chi connectivity index (χ4n) is 1.67. The molecule has 8 nitrogen and oxygen atoms in total. The average Bonchev–Trinajstić information content (AvgIpc) is 2.45. The molecule has 0 unspecified atom stereocenters. The number of carbonyl (C=O) groups is 4. The molecule has 0 heterocycles. The van der Waals surface area contributed by atoms with Crippen LogP contribution >= 0.6 is 0 Å². The molecule has 0 aliphatic carbocycles. The van der Waals surface area contributed by atoms with Gasteiger partial charge in [0, 0.05) is 37.9 Å². The van der Waals surface area contributed by atoms with Gasteiger partial charge in [0.05, 0.1) is 0 Å². The first-order valence-electron chi connectivity index (χ1n) is 7.35. The molecule has 0 aliphatic rings. The normalized spacial score (nSPS) is 10.0. The zero-order valence-electron chi connectivity index (χ0n) is 12.5. The largest absolute Gasteiger partial charge is 0.550 e. The number of hydrogen-bond donors (Lipinski definition) is 2. The molecule has 0 saturated heterocycles. The lowest BCUT2D eigenvalue weighted by molar-refractivity contribution is -0.307. The Morgan fingerprint density at radius 1 is 0.591 bits per heavy atom. The summed E-state index contributed by atoms with van der Waals surface area (Å²) >= 11 is 0. The van der Waals surface area contributed by atoms with Crippen LogP contribution in [0, 0.1) is 0 Å². The van der Waals surface area contributed by atoms with E-state index in [4.69, 9.17) is 0 Å². The van der Waals surface area contributed by atoms with Crippen molar-refractivity contribution in [2.45, 2.75) is 51.4 Å². The number of nitrogens with one attached hydrogen (secondary N) is 2. The highest BCUT2D eigenvalue weighted by Gasteiger charge is 2.01. The topological polar surface area (TPSA) is 138 Å². The average molecular weight is 314 g/mol. The summed E-state index contributed by atoms with van der Waals surface area (Å²) < 4.78 is 0. The summed E-state index contributed by atoms with van der Waals surface area (Å²) in [4.78, 5) is 42.6. The molecule has 0 spiro atoms. The summed E-state index contributed by atoms with van der Waals surface area (Å²) in [6.45, 7) is 0.980. The van der Waals surface area contributed by atoms with E-state index in [1.54, 1.807) is 0 Å². The molecule has 0 fully saturated rings. The highest BCUT2D eigenvalue weighted by Crippen LogP contribution is 1.98. The summed E-state index contributed by atoms with van der Waals surface area (Å²) in [5.74, 6) is -3.08. The second-order valence-corrected chi connectivity index (χ2v) is 4.86. The summed E-state index contributed by atoms with van der Waals surface area (Å²) in [6.07, 6.45) is 2.60. The van der Waals surface area contributed by atoms with E-state index in [0.717, 1.165) is 25.7 Å². The fraction of sp³-hybridized carbons (Fsp3) is 0.714. The SMILES string of the molecule is O=C([O-])CCC(=O)NCCCCCCNC(=O)CCC(=O)[O-]. The lowest BCUT2D eigenvalue weighted by atomic mass is 10.2. The van der Waals surface area contributed by atoms with Gasteiger partial charge in [-0.2, -0.15) is 0 Å². The second kappa shape index (κ2) is 12.6. The zero-order valence-corrected chi connectivity index (χ0v) is 12.5. The summed E-state index contributed by atoms with van der Waals surface area (Å²) in [7, 11) is 0. The van der Waals surface area contributed by atoms with Gasteiger partial charge in [0.15, 0.2) is 0 Å². The molecule has 0 aliphatic heterocycles. The van der Waals surface area contributed by atoms with Gasteiger partial charge in [-0.3, -0.25) is 9.59 Å². The van der Waals surface area contributed by atoms with Crippen molar-refractivity contribution >= 4 is 23.8 Å². The van der Waals surface area contributed by atoms with Gasteiger partial charge in [-0.05, 0) is 25.7 Å². The molecule has 2 amide bonds. The highest BCUT2D eigenvalue weighted by molar-refractivity contribution is 5.80. The number of aliphatic carboxylic acids is 2. The summed E-state index contributed by atoms with van der Waals surface area (Å²) in [6, 6.07) is 0. The zero-order chi connectivity index (χ0) is 16.8. The Kier molecular flexibility index (Phi) is 11.4. The lowest BCUT2D eigenvalue weighted by Gasteiger charge is -2.07. The van der Waals surface area contributed by atoms with Crippen LogP contribution in [0.3, 0.4) is 0 Å². The third-order valence-electron chi connectivity index (χ3n) is 2.86. The molecule has 0 atom stereocenters. The van der Waals surface area contributed by atoms with Crippen LogP contribution in [0.5, 0.6) is 0 Å². The molecule has 0 rings (SSSR count). The Morgan fingerprint density at radius 3 is 1.27 bits per heavy atom.